The van der Waals surface area contributed by atoms with E-state index in [-0.39, 0.29) is 22.6 Å². The van der Waals surface area contributed by atoms with Crippen LogP contribution >= 0.6 is 0 Å². The van der Waals surface area contributed by atoms with Gasteiger partial charge in [0.1, 0.15) is 0 Å². The third-order valence-electron chi connectivity index (χ3n) is 4.10. The minimum Gasteiger partial charge on any atom is -0.380 e. The van der Waals surface area contributed by atoms with Crippen LogP contribution in [0.1, 0.15) is 41.0 Å². The lowest BCUT2D eigenvalue weighted by molar-refractivity contribution is -0.136. The van der Waals surface area contributed by atoms with Gasteiger partial charge in [-0.2, -0.15) is 0 Å². The highest BCUT2D eigenvalue weighted by Crippen LogP contribution is 2.24. The van der Waals surface area contributed by atoms with Gasteiger partial charge in [-0.3, -0.25) is 15.4 Å². The molecule has 2 amide bonds. The molecule has 0 aromatic rings. The van der Waals surface area contributed by atoms with Crippen molar-refractivity contribution in [2.24, 2.45) is 16.7 Å². The number of hydrazine groups is 1. The molecule has 1 aliphatic heterocycles. The summed E-state index contributed by atoms with van der Waals surface area (Å²) in [6.45, 7) is 14.2. The van der Waals surface area contributed by atoms with Crippen LogP contribution in [0.15, 0.2) is 0 Å². The molecule has 1 saturated heterocycles. The number of hydrogen-bond acceptors (Lipinski definition) is 5. The predicted molar refractivity (Wildman–Crippen MR) is 94.0 cm³/mol. The van der Waals surface area contributed by atoms with Gasteiger partial charge >= 0.3 is 0 Å². The van der Waals surface area contributed by atoms with Gasteiger partial charge in [0, 0.05) is 51.5 Å². The largest absolute Gasteiger partial charge is 0.380 e. The summed E-state index contributed by atoms with van der Waals surface area (Å²) in [5.74, 6) is 5.85. The van der Waals surface area contributed by atoms with Crippen LogP contribution in [0.2, 0.25) is 0 Å². The maximum absolute atomic E-state index is 12.4. The van der Waals surface area contributed by atoms with Gasteiger partial charge in [0.05, 0.1) is 13.2 Å². The zero-order valence-corrected chi connectivity index (χ0v) is 15.9. The molecule has 140 valence electrons. The van der Waals surface area contributed by atoms with Gasteiger partial charge in [-0.05, 0) is 5.41 Å². The van der Waals surface area contributed by atoms with Crippen molar-refractivity contribution in [1.82, 2.24) is 15.2 Å². The summed E-state index contributed by atoms with van der Waals surface area (Å²) in [6.07, 6.45) is 0.462. The summed E-state index contributed by atoms with van der Waals surface area (Å²) < 4.78 is 5.85. The molecular weight excluding hydrogens is 308 g/mol. The van der Waals surface area contributed by atoms with Crippen LogP contribution in [0.3, 0.4) is 0 Å². The number of carbonyl (C=O) groups is 2. The fourth-order valence-corrected chi connectivity index (χ4v) is 2.56. The van der Waals surface area contributed by atoms with E-state index < -0.39 is 0 Å². The molecule has 0 atom stereocenters. The molecule has 1 heterocycles. The molecule has 0 radical (unpaired) electrons. The predicted octanol–water partition coefficient (Wildman–Crippen LogP) is 0.600. The van der Waals surface area contributed by atoms with Crippen molar-refractivity contribution in [3.8, 4) is 0 Å². The summed E-state index contributed by atoms with van der Waals surface area (Å²) in [7, 11) is 0. The zero-order valence-electron chi connectivity index (χ0n) is 15.9. The molecule has 3 N–H and O–H groups in total. The second-order valence-electron chi connectivity index (χ2n) is 8.32. The van der Waals surface area contributed by atoms with Crippen LogP contribution in [-0.4, -0.2) is 67.7 Å². The van der Waals surface area contributed by atoms with Gasteiger partial charge in [-0.15, -0.1) is 0 Å². The average molecular weight is 342 g/mol. The standard InChI is InChI=1S/C17H34N4O3/c1-14(22)19-11-17(4,5)13-24-12-16(2,3)10-15(23)20-6-8-21(18)9-7-20/h6-13,18H2,1-5H3,(H,19,22). The third kappa shape index (κ3) is 8.08. The van der Waals surface area contributed by atoms with Crippen molar-refractivity contribution in [3.05, 3.63) is 0 Å². The third-order valence-corrected chi connectivity index (χ3v) is 4.10. The molecule has 1 fully saturated rings. The van der Waals surface area contributed by atoms with E-state index in [2.05, 4.69) is 5.32 Å². The Balaban J connectivity index is 2.35. The monoisotopic (exact) mass is 342 g/mol. The van der Waals surface area contributed by atoms with E-state index in [1.54, 1.807) is 5.01 Å². The summed E-state index contributed by atoms with van der Waals surface area (Å²) in [4.78, 5) is 25.3. The van der Waals surface area contributed by atoms with Crippen molar-refractivity contribution < 1.29 is 14.3 Å². The van der Waals surface area contributed by atoms with Gasteiger partial charge in [0.15, 0.2) is 0 Å². The Kier molecular flexibility index (Phi) is 7.63. The SMILES string of the molecule is CC(=O)NCC(C)(C)COCC(C)(C)CC(=O)N1CCN(N)CC1. The van der Waals surface area contributed by atoms with E-state index in [0.29, 0.717) is 39.3 Å². The average Bonchev–Trinajstić information content (AvgIpc) is 2.45. The first-order valence-corrected chi connectivity index (χ1v) is 8.60. The fourth-order valence-electron chi connectivity index (χ4n) is 2.56. The van der Waals surface area contributed by atoms with Crippen LogP contribution < -0.4 is 11.2 Å². The van der Waals surface area contributed by atoms with E-state index >= 15 is 0 Å². The lowest BCUT2D eigenvalue weighted by Gasteiger charge is -2.35. The van der Waals surface area contributed by atoms with Gasteiger partial charge < -0.3 is 15.0 Å². The maximum atomic E-state index is 12.4. The van der Waals surface area contributed by atoms with Crippen molar-refractivity contribution >= 4 is 11.8 Å². The van der Waals surface area contributed by atoms with E-state index in [1.165, 1.54) is 6.92 Å². The number of carbonyl (C=O) groups excluding carboxylic acids is 2. The van der Waals surface area contributed by atoms with Crippen LogP contribution in [-0.2, 0) is 14.3 Å². The Bertz CT molecular complexity index is 430. The summed E-state index contributed by atoms with van der Waals surface area (Å²) in [5, 5.41) is 4.56. The first-order valence-electron chi connectivity index (χ1n) is 8.60. The lowest BCUT2D eigenvalue weighted by atomic mass is 9.89. The molecule has 0 aliphatic carbocycles. The molecular formula is C17H34N4O3. The highest BCUT2D eigenvalue weighted by molar-refractivity contribution is 5.77. The molecule has 1 aliphatic rings. The molecule has 0 unspecified atom stereocenters. The topological polar surface area (TPSA) is 87.9 Å². The molecule has 0 aromatic carbocycles. The second-order valence-corrected chi connectivity index (χ2v) is 8.32. The smallest absolute Gasteiger partial charge is 0.223 e. The minimum atomic E-state index is -0.221. The lowest BCUT2D eigenvalue weighted by Crippen LogP contribution is -2.51. The number of nitrogens with two attached hydrogens (primary N) is 1. The van der Waals surface area contributed by atoms with Crippen LogP contribution in [0.4, 0.5) is 0 Å². The van der Waals surface area contributed by atoms with Crippen molar-refractivity contribution in [3.63, 3.8) is 0 Å². The molecule has 0 spiro atoms. The first kappa shape index (κ1) is 20.9. The highest BCUT2D eigenvalue weighted by atomic mass is 16.5. The van der Waals surface area contributed by atoms with Crippen molar-refractivity contribution in [1.29, 1.82) is 0 Å². The maximum Gasteiger partial charge on any atom is 0.223 e. The van der Waals surface area contributed by atoms with Crippen LogP contribution in [0.25, 0.3) is 0 Å². The van der Waals surface area contributed by atoms with E-state index in [9.17, 15) is 9.59 Å². The number of nitrogens with one attached hydrogen (secondary N) is 1. The first-order chi connectivity index (χ1) is 11.0. The van der Waals surface area contributed by atoms with E-state index in [4.69, 9.17) is 10.6 Å². The molecule has 7 nitrogen and oxygen atoms in total. The van der Waals surface area contributed by atoms with Crippen LogP contribution in [0, 0.1) is 10.8 Å². The summed E-state index contributed by atoms with van der Waals surface area (Å²) >= 11 is 0. The number of nitrogens with zero attached hydrogens (tertiary/aromatic N) is 2. The Hall–Kier alpha value is -1.18. The van der Waals surface area contributed by atoms with Gasteiger partial charge in [-0.25, -0.2) is 5.01 Å². The molecule has 7 heteroatoms. The van der Waals surface area contributed by atoms with E-state index in [1.807, 2.05) is 32.6 Å². The fraction of sp³-hybridized carbons (Fsp3) is 0.882. The van der Waals surface area contributed by atoms with E-state index in [0.717, 1.165) is 13.1 Å². The van der Waals surface area contributed by atoms with Gasteiger partial charge in [0.2, 0.25) is 11.8 Å². The highest BCUT2D eigenvalue weighted by Gasteiger charge is 2.28. The quantitative estimate of drug-likeness (QED) is 0.631. The molecule has 0 bridgehead atoms. The number of hydrogen-bond donors (Lipinski definition) is 2. The summed E-state index contributed by atoms with van der Waals surface area (Å²) in [5.41, 5.74) is -0.357. The van der Waals surface area contributed by atoms with Crippen molar-refractivity contribution in [2.75, 3.05) is 45.9 Å². The number of rotatable bonds is 8. The van der Waals surface area contributed by atoms with Crippen molar-refractivity contribution in [2.45, 2.75) is 41.0 Å². The molecule has 1 rings (SSSR count). The zero-order chi connectivity index (χ0) is 18.4. The Morgan fingerprint density at radius 2 is 1.58 bits per heavy atom. The molecule has 24 heavy (non-hydrogen) atoms. The number of ether oxygens (including phenoxy) is 1. The Morgan fingerprint density at radius 3 is 2.12 bits per heavy atom. The minimum absolute atomic E-state index is 0.0356. The van der Waals surface area contributed by atoms with Gasteiger partial charge in [-0.1, -0.05) is 27.7 Å². The van der Waals surface area contributed by atoms with Gasteiger partial charge in [0.25, 0.3) is 0 Å². The van der Waals surface area contributed by atoms with Crippen LogP contribution in [0.5, 0.6) is 0 Å². The number of piperazine rings is 1. The Morgan fingerprint density at radius 1 is 1.04 bits per heavy atom. The molecule has 0 saturated carbocycles. The molecule has 0 aromatic heterocycles. The second kappa shape index (κ2) is 8.78. The summed E-state index contributed by atoms with van der Waals surface area (Å²) in [6, 6.07) is 0. The Labute approximate surface area is 145 Å². The normalized spacial score (nSPS) is 17.0. The number of amides is 2.